The first kappa shape index (κ1) is 21.8. The lowest BCUT2D eigenvalue weighted by atomic mass is 10.1. The molecule has 1 aliphatic rings. The Morgan fingerprint density at radius 1 is 1.17 bits per heavy atom. The number of carbonyl (C=O) groups is 2. The van der Waals surface area contributed by atoms with Crippen LogP contribution in [0.15, 0.2) is 47.1 Å². The lowest BCUT2D eigenvalue weighted by Crippen LogP contribution is -2.13. The van der Waals surface area contributed by atoms with Crippen LogP contribution >= 0.6 is 22.6 Å². The Kier molecular flexibility index (Phi) is 7.09. The Morgan fingerprint density at radius 2 is 1.97 bits per heavy atom. The molecule has 156 valence electrons. The Labute approximate surface area is 187 Å². The van der Waals surface area contributed by atoms with Crippen molar-refractivity contribution in [2.45, 2.75) is 13.8 Å². The van der Waals surface area contributed by atoms with E-state index in [0.717, 1.165) is 14.7 Å². The number of esters is 2. The number of halogens is 1. The Hall–Kier alpha value is -2.88. The Morgan fingerprint density at radius 3 is 2.67 bits per heavy atom. The van der Waals surface area contributed by atoms with Gasteiger partial charge >= 0.3 is 11.9 Å². The molecule has 0 saturated heterocycles. The first-order chi connectivity index (χ1) is 14.4. The summed E-state index contributed by atoms with van der Waals surface area (Å²) in [4.78, 5) is 27.9. The molecule has 0 unspecified atom stereocenters. The van der Waals surface area contributed by atoms with Crippen molar-refractivity contribution in [1.29, 1.82) is 0 Å². The summed E-state index contributed by atoms with van der Waals surface area (Å²) in [5, 5.41) is 0. The monoisotopic (exact) mass is 521 g/mol. The topological polar surface area (TPSA) is 83.4 Å². The second kappa shape index (κ2) is 9.75. The van der Waals surface area contributed by atoms with Gasteiger partial charge < -0.3 is 18.9 Å². The van der Waals surface area contributed by atoms with Gasteiger partial charge in [-0.15, -0.1) is 0 Å². The third-order valence-electron chi connectivity index (χ3n) is 4.17. The van der Waals surface area contributed by atoms with E-state index < -0.39 is 11.9 Å². The Balaban J connectivity index is 1.86. The van der Waals surface area contributed by atoms with E-state index in [-0.39, 0.29) is 18.2 Å². The van der Waals surface area contributed by atoms with Gasteiger partial charge in [-0.2, -0.15) is 0 Å². The standard InChI is InChI=1S/C22H20INO6/c1-4-28-19-11-14(5-8-18(19)29-12-20(25)27-3)10-17-22(26)30-21(24-17)15-6-7-16(23)13(2)9-15/h5-11H,4,12H2,1-3H3/b17-10-. The zero-order valence-corrected chi connectivity index (χ0v) is 18.9. The summed E-state index contributed by atoms with van der Waals surface area (Å²) in [7, 11) is 1.29. The molecule has 0 bridgehead atoms. The molecule has 8 heteroatoms. The average molecular weight is 521 g/mol. The van der Waals surface area contributed by atoms with Crippen molar-refractivity contribution in [2.24, 2.45) is 4.99 Å². The summed E-state index contributed by atoms with van der Waals surface area (Å²) in [6, 6.07) is 10.8. The normalized spacial score (nSPS) is 14.3. The average Bonchev–Trinajstić information content (AvgIpc) is 3.09. The number of aryl methyl sites for hydroxylation is 1. The van der Waals surface area contributed by atoms with Crippen molar-refractivity contribution in [1.82, 2.24) is 0 Å². The van der Waals surface area contributed by atoms with Gasteiger partial charge in [0.2, 0.25) is 5.90 Å². The zero-order chi connectivity index (χ0) is 21.7. The second-order valence-corrected chi connectivity index (χ2v) is 7.47. The number of nitrogens with zero attached hydrogens (tertiary/aromatic N) is 1. The van der Waals surface area contributed by atoms with E-state index in [1.165, 1.54) is 7.11 Å². The minimum Gasteiger partial charge on any atom is -0.490 e. The quantitative estimate of drug-likeness (QED) is 0.313. The molecular formula is C22H20INO6. The highest BCUT2D eigenvalue weighted by atomic mass is 127. The molecule has 0 aliphatic carbocycles. The van der Waals surface area contributed by atoms with Crippen LogP contribution in [0, 0.1) is 10.5 Å². The number of cyclic esters (lactones) is 1. The number of methoxy groups -OCH3 is 1. The third-order valence-corrected chi connectivity index (χ3v) is 5.38. The molecule has 0 atom stereocenters. The van der Waals surface area contributed by atoms with Crippen LogP contribution in [0.5, 0.6) is 11.5 Å². The molecule has 0 radical (unpaired) electrons. The van der Waals surface area contributed by atoms with Crippen molar-refractivity contribution < 1.29 is 28.5 Å². The van der Waals surface area contributed by atoms with Crippen LogP contribution < -0.4 is 9.47 Å². The van der Waals surface area contributed by atoms with Gasteiger partial charge in [0.1, 0.15) is 0 Å². The summed E-state index contributed by atoms with van der Waals surface area (Å²) >= 11 is 2.24. The van der Waals surface area contributed by atoms with Crippen LogP contribution in [-0.4, -0.2) is 38.2 Å². The van der Waals surface area contributed by atoms with Crippen molar-refractivity contribution in [3.63, 3.8) is 0 Å². The van der Waals surface area contributed by atoms with E-state index in [4.69, 9.17) is 14.2 Å². The van der Waals surface area contributed by atoms with Gasteiger partial charge in [-0.3, -0.25) is 0 Å². The predicted octanol–water partition coefficient (Wildman–Crippen LogP) is 3.89. The molecular weight excluding hydrogens is 501 g/mol. The maximum Gasteiger partial charge on any atom is 0.363 e. The third kappa shape index (κ3) is 5.18. The first-order valence-corrected chi connectivity index (χ1v) is 10.2. The van der Waals surface area contributed by atoms with Gasteiger partial charge in [0.25, 0.3) is 0 Å². The van der Waals surface area contributed by atoms with Gasteiger partial charge in [-0.1, -0.05) is 6.07 Å². The highest BCUT2D eigenvalue weighted by Crippen LogP contribution is 2.30. The van der Waals surface area contributed by atoms with Crippen molar-refractivity contribution in [3.8, 4) is 11.5 Å². The minimum atomic E-state index is -0.523. The maximum absolute atomic E-state index is 12.3. The molecule has 0 N–H and O–H groups in total. The molecule has 0 saturated carbocycles. The SMILES string of the molecule is CCOc1cc(/C=C2\N=C(c3ccc(I)c(C)c3)OC2=O)ccc1OCC(=O)OC. The second-order valence-electron chi connectivity index (χ2n) is 6.30. The van der Waals surface area contributed by atoms with E-state index in [2.05, 4.69) is 32.3 Å². The number of carbonyl (C=O) groups excluding carboxylic acids is 2. The van der Waals surface area contributed by atoms with E-state index in [1.54, 1.807) is 24.3 Å². The number of hydrogen-bond donors (Lipinski definition) is 0. The number of rotatable bonds is 7. The van der Waals surface area contributed by atoms with Gasteiger partial charge in [-0.05, 0) is 84.0 Å². The van der Waals surface area contributed by atoms with E-state index in [1.807, 2.05) is 32.0 Å². The lowest BCUT2D eigenvalue weighted by Gasteiger charge is -2.11. The van der Waals surface area contributed by atoms with Crippen LogP contribution in [0.1, 0.15) is 23.6 Å². The fraction of sp³-hybridized carbons (Fsp3) is 0.227. The lowest BCUT2D eigenvalue weighted by molar-refractivity contribution is -0.143. The summed E-state index contributed by atoms with van der Waals surface area (Å²) in [6.45, 7) is 4.00. The van der Waals surface area contributed by atoms with Crippen LogP contribution in [0.4, 0.5) is 0 Å². The summed E-state index contributed by atoms with van der Waals surface area (Å²) in [5.74, 6) is 0.0978. The highest BCUT2D eigenvalue weighted by Gasteiger charge is 2.24. The van der Waals surface area contributed by atoms with Crippen molar-refractivity contribution in [2.75, 3.05) is 20.3 Å². The molecule has 0 amide bonds. The van der Waals surface area contributed by atoms with Crippen LogP contribution in [0.3, 0.4) is 0 Å². The van der Waals surface area contributed by atoms with Crippen LogP contribution in [0.2, 0.25) is 0 Å². The fourth-order valence-electron chi connectivity index (χ4n) is 2.67. The van der Waals surface area contributed by atoms with Gasteiger partial charge in [0.05, 0.1) is 13.7 Å². The maximum atomic E-state index is 12.3. The van der Waals surface area contributed by atoms with E-state index >= 15 is 0 Å². The molecule has 2 aromatic carbocycles. The summed E-state index contributed by atoms with van der Waals surface area (Å²) < 4.78 is 22.1. The number of hydrogen-bond acceptors (Lipinski definition) is 7. The Bertz CT molecular complexity index is 1040. The van der Waals surface area contributed by atoms with Gasteiger partial charge in [0.15, 0.2) is 23.8 Å². The van der Waals surface area contributed by atoms with Crippen LogP contribution in [0.25, 0.3) is 6.08 Å². The first-order valence-electron chi connectivity index (χ1n) is 9.16. The number of ether oxygens (including phenoxy) is 4. The van der Waals surface area contributed by atoms with Gasteiger partial charge in [0, 0.05) is 9.13 Å². The largest absolute Gasteiger partial charge is 0.490 e. The fourth-order valence-corrected chi connectivity index (χ4v) is 3.00. The number of benzene rings is 2. The molecule has 30 heavy (non-hydrogen) atoms. The molecule has 3 rings (SSSR count). The molecule has 0 aromatic heterocycles. The molecule has 1 aliphatic heterocycles. The zero-order valence-electron chi connectivity index (χ0n) is 16.7. The van der Waals surface area contributed by atoms with Gasteiger partial charge in [-0.25, -0.2) is 14.6 Å². The molecule has 7 nitrogen and oxygen atoms in total. The van der Waals surface area contributed by atoms with Crippen molar-refractivity contribution in [3.05, 3.63) is 62.4 Å². The van der Waals surface area contributed by atoms with Crippen molar-refractivity contribution >= 4 is 46.5 Å². The molecule has 1 heterocycles. The molecule has 0 spiro atoms. The summed E-state index contributed by atoms with van der Waals surface area (Å²) in [5.41, 5.74) is 2.69. The smallest absolute Gasteiger partial charge is 0.363 e. The highest BCUT2D eigenvalue weighted by molar-refractivity contribution is 14.1. The van der Waals surface area contributed by atoms with Crippen LogP contribution in [-0.2, 0) is 19.1 Å². The number of aliphatic imine (C=N–C) groups is 1. The molecule has 0 fully saturated rings. The summed E-state index contributed by atoms with van der Waals surface area (Å²) in [6.07, 6.45) is 1.61. The van der Waals surface area contributed by atoms with E-state index in [0.29, 0.717) is 23.7 Å². The van der Waals surface area contributed by atoms with E-state index in [9.17, 15) is 9.59 Å². The molecule has 2 aromatic rings. The minimum absolute atomic E-state index is 0.187. The predicted molar refractivity (Wildman–Crippen MR) is 120 cm³/mol.